The van der Waals surface area contributed by atoms with Gasteiger partial charge in [0.15, 0.2) is 0 Å². The smallest absolute Gasteiger partial charge is 0.336 e. The summed E-state index contributed by atoms with van der Waals surface area (Å²) in [5.41, 5.74) is 1.33. The summed E-state index contributed by atoms with van der Waals surface area (Å²) >= 11 is 0. The van der Waals surface area contributed by atoms with Gasteiger partial charge in [-0.3, -0.25) is 4.79 Å². The van der Waals surface area contributed by atoms with E-state index in [9.17, 15) is 18.0 Å². The van der Waals surface area contributed by atoms with Crippen LogP contribution < -0.4 is 0 Å². The molecule has 1 atom stereocenters. The quantitative estimate of drug-likeness (QED) is 0.699. The lowest BCUT2D eigenvalue weighted by Crippen LogP contribution is -2.37. The Kier molecular flexibility index (Phi) is 5.53. The fraction of sp³-hybridized carbons (Fsp3) is 0.526. The molecular weight excluding hydrogens is 359 g/mol. The lowest BCUT2D eigenvalue weighted by atomic mass is 10.1. The molecule has 0 radical (unpaired) electrons. The Balaban J connectivity index is 1.71. The highest BCUT2D eigenvalue weighted by molar-refractivity contribution is 5.77. The molecule has 1 aliphatic carbocycles. The molecule has 0 N–H and O–H groups in total. The van der Waals surface area contributed by atoms with Gasteiger partial charge in [-0.05, 0) is 37.7 Å². The number of alkyl halides is 3. The van der Waals surface area contributed by atoms with E-state index in [2.05, 4.69) is 14.7 Å². The van der Waals surface area contributed by atoms with Crippen LogP contribution in [-0.2, 0) is 17.5 Å². The van der Waals surface area contributed by atoms with Crippen molar-refractivity contribution >= 4 is 5.91 Å². The summed E-state index contributed by atoms with van der Waals surface area (Å²) in [7, 11) is 0. The lowest BCUT2D eigenvalue weighted by Gasteiger charge is -2.29. The Hall–Kier alpha value is -2.38. The van der Waals surface area contributed by atoms with E-state index in [1.807, 2.05) is 18.7 Å². The van der Waals surface area contributed by atoms with Crippen LogP contribution in [0.15, 0.2) is 28.8 Å². The number of hydrogen-bond acceptors (Lipinski definition) is 4. The van der Waals surface area contributed by atoms with Gasteiger partial charge in [-0.15, -0.1) is 0 Å². The number of benzene rings is 1. The minimum absolute atomic E-state index is 0.113. The lowest BCUT2D eigenvalue weighted by molar-refractivity contribution is -0.159. The van der Waals surface area contributed by atoms with Gasteiger partial charge >= 0.3 is 12.1 Å². The summed E-state index contributed by atoms with van der Waals surface area (Å²) in [6.07, 6.45) is -0.967. The molecule has 1 saturated carbocycles. The summed E-state index contributed by atoms with van der Waals surface area (Å²) in [5.74, 6) is -0.802. The van der Waals surface area contributed by atoms with Gasteiger partial charge in [0.25, 0.3) is 0 Å². The topological polar surface area (TPSA) is 59.2 Å². The number of carbonyl (C=O) groups is 1. The van der Waals surface area contributed by atoms with E-state index in [1.165, 1.54) is 0 Å². The van der Waals surface area contributed by atoms with Crippen LogP contribution in [0.3, 0.4) is 0 Å². The molecule has 0 spiro atoms. The maximum atomic E-state index is 12.6. The molecule has 146 valence electrons. The van der Waals surface area contributed by atoms with E-state index >= 15 is 0 Å². The van der Waals surface area contributed by atoms with Crippen molar-refractivity contribution in [2.75, 3.05) is 0 Å². The zero-order valence-corrected chi connectivity index (χ0v) is 15.3. The fourth-order valence-corrected chi connectivity index (χ4v) is 2.81. The highest BCUT2D eigenvalue weighted by Crippen LogP contribution is 2.33. The van der Waals surface area contributed by atoms with Crippen molar-refractivity contribution in [1.82, 2.24) is 15.0 Å². The van der Waals surface area contributed by atoms with Gasteiger partial charge in [-0.1, -0.05) is 36.3 Å². The number of nitrogens with zero attached hydrogens (tertiary/aromatic N) is 3. The van der Waals surface area contributed by atoms with Crippen LogP contribution in [0.4, 0.5) is 13.2 Å². The molecule has 0 bridgehead atoms. The third-order valence-corrected chi connectivity index (χ3v) is 4.84. The summed E-state index contributed by atoms with van der Waals surface area (Å²) in [4.78, 5) is 17.8. The molecule has 1 aromatic heterocycles. The molecule has 0 saturated heterocycles. The molecule has 1 amide bonds. The third-order valence-electron chi connectivity index (χ3n) is 4.84. The van der Waals surface area contributed by atoms with Gasteiger partial charge in [0.1, 0.15) is 0 Å². The summed E-state index contributed by atoms with van der Waals surface area (Å²) in [5, 5.41) is 3.38. The van der Waals surface area contributed by atoms with E-state index in [1.54, 1.807) is 24.3 Å². The zero-order valence-electron chi connectivity index (χ0n) is 15.3. The number of carbonyl (C=O) groups excluding carboxylic acids is 1. The van der Waals surface area contributed by atoms with Crippen molar-refractivity contribution < 1.29 is 22.5 Å². The third kappa shape index (κ3) is 4.87. The number of halogens is 3. The van der Waals surface area contributed by atoms with Gasteiger partial charge in [0, 0.05) is 24.6 Å². The van der Waals surface area contributed by atoms with E-state index in [4.69, 9.17) is 0 Å². The highest BCUT2D eigenvalue weighted by atomic mass is 19.4. The van der Waals surface area contributed by atoms with Crippen LogP contribution in [0.1, 0.15) is 51.0 Å². The Bertz CT molecular complexity index is 782. The van der Waals surface area contributed by atoms with Crippen LogP contribution in [0, 0.1) is 5.92 Å². The molecule has 1 aliphatic rings. The first kappa shape index (κ1) is 19.4. The van der Waals surface area contributed by atoms with Gasteiger partial charge in [0.05, 0.1) is 0 Å². The summed E-state index contributed by atoms with van der Waals surface area (Å²) in [6.45, 7) is 4.54. The second-order valence-corrected chi connectivity index (χ2v) is 7.04. The fourth-order valence-electron chi connectivity index (χ4n) is 2.81. The number of hydrogen-bond donors (Lipinski definition) is 0. The Morgan fingerprint density at radius 3 is 2.48 bits per heavy atom. The second-order valence-electron chi connectivity index (χ2n) is 7.04. The minimum atomic E-state index is -4.66. The van der Waals surface area contributed by atoms with Crippen LogP contribution in [0.2, 0.25) is 0 Å². The van der Waals surface area contributed by atoms with Crippen molar-refractivity contribution in [3.8, 4) is 11.4 Å². The van der Waals surface area contributed by atoms with Crippen LogP contribution >= 0.6 is 0 Å². The Morgan fingerprint density at radius 1 is 1.30 bits per heavy atom. The molecule has 1 heterocycles. The van der Waals surface area contributed by atoms with Crippen molar-refractivity contribution in [3.05, 3.63) is 35.7 Å². The normalized spacial score (nSPS) is 15.6. The van der Waals surface area contributed by atoms with Crippen LogP contribution in [-0.4, -0.2) is 27.0 Å². The van der Waals surface area contributed by atoms with Gasteiger partial charge in [-0.25, -0.2) is 0 Å². The maximum Gasteiger partial charge on any atom is 0.471 e. The molecule has 3 rings (SSSR count). The number of amides is 1. The van der Waals surface area contributed by atoms with Crippen LogP contribution in [0.5, 0.6) is 0 Å². The maximum absolute atomic E-state index is 12.6. The molecule has 5 nitrogen and oxygen atoms in total. The van der Waals surface area contributed by atoms with Crippen molar-refractivity contribution in [2.45, 2.75) is 58.3 Å². The van der Waals surface area contributed by atoms with Gasteiger partial charge < -0.3 is 9.42 Å². The largest absolute Gasteiger partial charge is 0.471 e. The molecular formula is C19H22F3N3O2. The SMILES string of the molecule is CCC(C)N(Cc1ccc(-c2noc(C(F)(F)F)n2)cc1)C(=O)CC1CC1. The van der Waals surface area contributed by atoms with E-state index in [0.717, 1.165) is 24.8 Å². The number of rotatable bonds is 7. The molecule has 1 unspecified atom stereocenters. The van der Waals surface area contributed by atoms with E-state index in [0.29, 0.717) is 24.4 Å². The average Bonchev–Trinajstić information content (AvgIpc) is 3.29. The molecule has 2 aromatic rings. The zero-order chi connectivity index (χ0) is 19.6. The molecule has 1 aromatic carbocycles. The molecule has 1 fully saturated rings. The van der Waals surface area contributed by atoms with Crippen molar-refractivity contribution in [2.24, 2.45) is 5.92 Å². The number of aromatic nitrogens is 2. The van der Waals surface area contributed by atoms with Crippen molar-refractivity contribution in [1.29, 1.82) is 0 Å². The van der Waals surface area contributed by atoms with Crippen LogP contribution in [0.25, 0.3) is 11.4 Å². The average molecular weight is 381 g/mol. The minimum Gasteiger partial charge on any atom is -0.336 e. The molecule has 0 aliphatic heterocycles. The first-order valence-electron chi connectivity index (χ1n) is 9.07. The predicted molar refractivity (Wildman–Crippen MR) is 92.4 cm³/mol. The Morgan fingerprint density at radius 2 is 1.96 bits per heavy atom. The van der Waals surface area contributed by atoms with E-state index < -0.39 is 12.1 Å². The summed E-state index contributed by atoms with van der Waals surface area (Å²) in [6, 6.07) is 6.96. The molecule has 27 heavy (non-hydrogen) atoms. The predicted octanol–water partition coefficient (Wildman–Crippen LogP) is 4.68. The monoisotopic (exact) mass is 381 g/mol. The summed E-state index contributed by atoms with van der Waals surface area (Å²) < 4.78 is 42.0. The first-order valence-corrected chi connectivity index (χ1v) is 9.07. The van der Waals surface area contributed by atoms with Gasteiger partial charge in [-0.2, -0.15) is 18.2 Å². The first-order chi connectivity index (χ1) is 12.8. The van der Waals surface area contributed by atoms with E-state index in [-0.39, 0.29) is 17.8 Å². The van der Waals surface area contributed by atoms with Gasteiger partial charge in [0.2, 0.25) is 11.7 Å². The highest BCUT2D eigenvalue weighted by Gasteiger charge is 2.38. The Labute approximate surface area is 155 Å². The standard InChI is InChI=1S/C19H22F3N3O2/c1-3-12(2)25(16(26)10-13-4-5-13)11-14-6-8-15(9-7-14)17-23-18(27-24-17)19(20,21)22/h6-9,12-13H,3-5,10-11H2,1-2H3. The van der Waals surface area contributed by atoms with Crippen molar-refractivity contribution in [3.63, 3.8) is 0 Å². The second kappa shape index (κ2) is 7.70. The molecule has 8 heteroatoms.